The second-order valence-corrected chi connectivity index (χ2v) is 6.92. The monoisotopic (exact) mass is 413 g/mol. The van der Waals surface area contributed by atoms with Gasteiger partial charge in [0.15, 0.2) is 6.10 Å². The fourth-order valence-electron chi connectivity index (χ4n) is 2.70. The highest BCUT2D eigenvalue weighted by molar-refractivity contribution is 7.08. The van der Waals surface area contributed by atoms with Crippen LogP contribution in [0.5, 0.6) is 0 Å². The molecule has 2 heterocycles. The molecule has 5 N–H and O–H groups in total. The van der Waals surface area contributed by atoms with Gasteiger partial charge in [-0.3, -0.25) is 4.79 Å². The van der Waals surface area contributed by atoms with Crippen molar-refractivity contribution in [3.63, 3.8) is 0 Å². The lowest BCUT2D eigenvalue weighted by Crippen LogP contribution is -2.60. The maximum Gasteiger partial charge on any atom is 0.370 e. The Labute approximate surface area is 165 Å². The summed E-state index contributed by atoms with van der Waals surface area (Å²) in [5.41, 5.74) is 0.986. The zero-order valence-corrected chi connectivity index (χ0v) is 15.9. The van der Waals surface area contributed by atoms with Crippen molar-refractivity contribution in [1.82, 2.24) is 5.32 Å². The molecule has 1 aliphatic rings. The Balaban J connectivity index is 2.21. The Bertz CT molecular complexity index is 717. The molecular weight excluding hydrogens is 390 g/mol. The van der Waals surface area contributed by atoms with E-state index in [-0.39, 0.29) is 6.61 Å². The number of aliphatic hydroxyl groups excluding tert-OH is 3. The van der Waals surface area contributed by atoms with Gasteiger partial charge >= 0.3 is 5.97 Å². The number of rotatable bonds is 9. The van der Waals surface area contributed by atoms with Crippen LogP contribution in [0.2, 0.25) is 0 Å². The summed E-state index contributed by atoms with van der Waals surface area (Å²) >= 11 is 1.54. The number of carbonyl (C=O) groups excluding carboxylic acids is 1. The summed E-state index contributed by atoms with van der Waals surface area (Å²) in [6.45, 7) is 0.579. The second kappa shape index (κ2) is 10.3. The van der Waals surface area contributed by atoms with Gasteiger partial charge in [0, 0.05) is 6.92 Å². The van der Waals surface area contributed by atoms with Crippen LogP contribution in [0.1, 0.15) is 12.5 Å². The molecule has 0 aliphatic carbocycles. The van der Waals surface area contributed by atoms with Crippen LogP contribution in [0.15, 0.2) is 34.7 Å². The Kier molecular flexibility index (Phi) is 8.15. The lowest BCUT2D eigenvalue weighted by atomic mass is 9.93. The molecule has 2 rings (SSSR count). The van der Waals surface area contributed by atoms with Crippen LogP contribution in [0.3, 0.4) is 0 Å². The number of hydrogen-bond donors (Lipinski definition) is 5. The standard InChI is InChI=1S/C18H23NO8S/c1-10(21)19-15-13(26-5-2-3-11-4-6-28-9-11)7-14(18(24)25)27-17(15)16(23)12(22)8-20/h2-4,6-7,9,12-13,15-17,20,22-23H,5,8H2,1H3,(H,19,21)(H,24,25)/b3-2+/t12?,13?,15?,16?,17-/m1/s1. The molecule has 4 unspecified atom stereocenters. The van der Waals surface area contributed by atoms with E-state index in [0.717, 1.165) is 5.56 Å². The van der Waals surface area contributed by atoms with Gasteiger partial charge in [0.25, 0.3) is 0 Å². The SMILES string of the molecule is CC(=O)NC1C(OC/C=C/c2ccsc2)C=C(C(=O)O)O[C@H]1C(O)C(O)CO. The normalized spacial score (nSPS) is 24.3. The molecular formula is C18H23NO8S. The van der Waals surface area contributed by atoms with Crippen molar-refractivity contribution < 1.29 is 39.5 Å². The van der Waals surface area contributed by atoms with Gasteiger partial charge in [0.05, 0.1) is 19.3 Å². The van der Waals surface area contributed by atoms with Crippen molar-refractivity contribution in [2.75, 3.05) is 13.2 Å². The molecule has 0 bridgehead atoms. The zero-order valence-electron chi connectivity index (χ0n) is 15.1. The average Bonchev–Trinajstić information content (AvgIpc) is 3.17. The molecule has 10 heteroatoms. The van der Waals surface area contributed by atoms with E-state index in [9.17, 15) is 24.9 Å². The predicted molar refractivity (Wildman–Crippen MR) is 100 cm³/mol. The fourth-order valence-corrected chi connectivity index (χ4v) is 3.33. The smallest absolute Gasteiger partial charge is 0.370 e. The highest BCUT2D eigenvalue weighted by Crippen LogP contribution is 2.25. The summed E-state index contributed by atoms with van der Waals surface area (Å²) in [5, 5.41) is 44.8. The first-order valence-electron chi connectivity index (χ1n) is 8.49. The van der Waals surface area contributed by atoms with E-state index in [1.54, 1.807) is 17.4 Å². The lowest BCUT2D eigenvalue weighted by Gasteiger charge is -2.39. The largest absolute Gasteiger partial charge is 0.478 e. The van der Waals surface area contributed by atoms with Crippen molar-refractivity contribution >= 4 is 29.3 Å². The molecule has 0 fully saturated rings. The van der Waals surface area contributed by atoms with Gasteiger partial charge in [-0.1, -0.05) is 12.2 Å². The van der Waals surface area contributed by atoms with Crippen LogP contribution < -0.4 is 5.32 Å². The number of carboxylic acids is 1. The molecule has 0 spiro atoms. The molecule has 28 heavy (non-hydrogen) atoms. The number of amides is 1. The van der Waals surface area contributed by atoms with Crippen LogP contribution in [0.25, 0.3) is 6.08 Å². The Morgan fingerprint density at radius 2 is 2.18 bits per heavy atom. The van der Waals surface area contributed by atoms with E-state index in [0.29, 0.717) is 0 Å². The number of aliphatic hydroxyl groups is 3. The highest BCUT2D eigenvalue weighted by atomic mass is 32.1. The second-order valence-electron chi connectivity index (χ2n) is 6.14. The zero-order chi connectivity index (χ0) is 20.7. The van der Waals surface area contributed by atoms with E-state index in [2.05, 4.69) is 5.32 Å². The first kappa shape index (κ1) is 22.1. The maximum absolute atomic E-state index is 11.6. The van der Waals surface area contributed by atoms with Crippen molar-refractivity contribution in [2.45, 2.75) is 37.4 Å². The highest BCUT2D eigenvalue weighted by Gasteiger charge is 2.43. The number of ether oxygens (including phenoxy) is 2. The molecule has 1 aromatic rings. The molecule has 5 atom stereocenters. The number of carbonyl (C=O) groups is 2. The molecule has 0 aromatic carbocycles. The van der Waals surface area contributed by atoms with Crippen molar-refractivity contribution in [2.24, 2.45) is 0 Å². The first-order chi connectivity index (χ1) is 13.3. The van der Waals surface area contributed by atoms with Crippen molar-refractivity contribution in [3.8, 4) is 0 Å². The molecule has 0 radical (unpaired) electrons. The van der Waals surface area contributed by atoms with Crippen molar-refractivity contribution in [3.05, 3.63) is 40.3 Å². The number of nitrogens with one attached hydrogen (secondary N) is 1. The van der Waals surface area contributed by atoms with Gasteiger partial charge in [0.2, 0.25) is 11.7 Å². The Hall–Kier alpha value is -2.24. The van der Waals surface area contributed by atoms with E-state index in [1.807, 2.05) is 22.9 Å². The van der Waals surface area contributed by atoms with Crippen molar-refractivity contribution in [1.29, 1.82) is 0 Å². The van der Waals surface area contributed by atoms with Gasteiger partial charge in [0.1, 0.15) is 18.3 Å². The molecule has 0 saturated carbocycles. The third kappa shape index (κ3) is 5.88. The summed E-state index contributed by atoms with van der Waals surface area (Å²) < 4.78 is 11.0. The van der Waals surface area contributed by atoms with Crippen LogP contribution in [0.4, 0.5) is 0 Å². The minimum absolute atomic E-state index is 0.103. The van der Waals surface area contributed by atoms with E-state index in [4.69, 9.17) is 14.6 Å². The lowest BCUT2D eigenvalue weighted by molar-refractivity contribution is -0.151. The molecule has 1 aromatic heterocycles. The Morgan fingerprint density at radius 1 is 1.43 bits per heavy atom. The molecule has 0 saturated heterocycles. The van der Waals surface area contributed by atoms with E-state index >= 15 is 0 Å². The van der Waals surface area contributed by atoms with Crippen LogP contribution in [-0.4, -0.2) is 76.0 Å². The molecule has 154 valence electrons. The van der Waals surface area contributed by atoms with Gasteiger partial charge in [-0.2, -0.15) is 11.3 Å². The number of aliphatic carboxylic acids is 1. The quantitative estimate of drug-likeness (QED) is 0.372. The summed E-state index contributed by atoms with van der Waals surface area (Å²) in [6.07, 6.45) is -0.784. The maximum atomic E-state index is 11.6. The number of carboxylic acid groups (broad SMARTS) is 1. The number of hydrogen-bond acceptors (Lipinski definition) is 8. The summed E-state index contributed by atoms with van der Waals surface area (Å²) in [5.74, 6) is -2.33. The predicted octanol–water partition coefficient (Wildman–Crippen LogP) is -0.267. The number of thiophene rings is 1. The Morgan fingerprint density at radius 3 is 2.75 bits per heavy atom. The minimum atomic E-state index is -1.66. The molecule has 1 amide bonds. The summed E-state index contributed by atoms with van der Waals surface area (Å²) in [7, 11) is 0. The van der Waals surface area contributed by atoms with Gasteiger partial charge in [-0.05, 0) is 28.5 Å². The van der Waals surface area contributed by atoms with Gasteiger partial charge < -0.3 is 35.2 Å². The van der Waals surface area contributed by atoms with Crippen LogP contribution >= 0.6 is 11.3 Å². The third-order valence-electron chi connectivity index (χ3n) is 4.02. The molecule has 9 nitrogen and oxygen atoms in total. The van der Waals surface area contributed by atoms with E-state index < -0.39 is 54.7 Å². The fraction of sp³-hybridized carbons (Fsp3) is 0.444. The topological polar surface area (TPSA) is 146 Å². The summed E-state index contributed by atoms with van der Waals surface area (Å²) in [6, 6.07) is 0.937. The van der Waals surface area contributed by atoms with Crippen LogP contribution in [-0.2, 0) is 19.1 Å². The van der Waals surface area contributed by atoms with E-state index in [1.165, 1.54) is 13.0 Å². The minimum Gasteiger partial charge on any atom is -0.478 e. The average molecular weight is 413 g/mol. The van der Waals surface area contributed by atoms with Gasteiger partial charge in [-0.15, -0.1) is 0 Å². The summed E-state index contributed by atoms with van der Waals surface area (Å²) in [4.78, 5) is 23.0. The van der Waals surface area contributed by atoms with Gasteiger partial charge in [-0.25, -0.2) is 4.79 Å². The molecule has 1 aliphatic heterocycles. The first-order valence-corrected chi connectivity index (χ1v) is 9.44. The third-order valence-corrected chi connectivity index (χ3v) is 4.73. The van der Waals surface area contributed by atoms with Crippen LogP contribution in [0, 0.1) is 0 Å².